The van der Waals surface area contributed by atoms with Gasteiger partial charge in [0.15, 0.2) is 5.52 Å². The molecule has 0 saturated heterocycles. The molecule has 3 rings (SSSR count). The first-order valence-corrected chi connectivity index (χ1v) is 8.64. The van der Waals surface area contributed by atoms with Crippen LogP contribution in [-0.2, 0) is 0 Å². The largest absolute Gasteiger partial charge is 0.673 e. The first-order valence-electron chi connectivity index (χ1n) is 8.64. The summed E-state index contributed by atoms with van der Waals surface area (Å²) < 4.78 is 40.8. The molecule has 160 valence electrons. The fourth-order valence-electron chi connectivity index (χ4n) is 2.32. The van der Waals surface area contributed by atoms with Crippen LogP contribution >= 0.6 is 0 Å². The Hall–Kier alpha value is -3.51. The zero-order valence-corrected chi connectivity index (χ0v) is 16.7. The van der Waals surface area contributed by atoms with Crippen molar-refractivity contribution in [2.45, 2.75) is 0 Å². The minimum Gasteiger partial charge on any atom is -0.418 e. The number of hydrogen-bond acceptors (Lipinski definition) is 5. The first kappa shape index (κ1) is 22.8. The summed E-state index contributed by atoms with van der Waals surface area (Å²) in [6.45, 7) is 0. The maximum absolute atomic E-state index is 9.75. The van der Waals surface area contributed by atoms with Crippen molar-refractivity contribution >= 4 is 35.7 Å². The maximum atomic E-state index is 9.75. The summed E-state index contributed by atoms with van der Waals surface area (Å²) in [5.74, 6) is 0. The van der Waals surface area contributed by atoms with Crippen LogP contribution in [0.25, 0.3) is 11.0 Å². The number of para-hydroxylation sites is 1. The van der Waals surface area contributed by atoms with Crippen LogP contribution in [-0.4, -0.2) is 66.1 Å². The van der Waals surface area contributed by atoms with Crippen molar-refractivity contribution in [1.29, 1.82) is 0 Å². The molecule has 0 fully saturated rings. The lowest BCUT2D eigenvalue weighted by Crippen LogP contribution is -2.39. The summed E-state index contributed by atoms with van der Waals surface area (Å²) in [6, 6.07) is 15.7. The van der Waals surface area contributed by atoms with Gasteiger partial charge in [-0.25, -0.2) is 9.48 Å². The topological polar surface area (TPSA) is 70.9 Å². The van der Waals surface area contributed by atoms with Crippen LogP contribution in [0.5, 0.6) is 0 Å². The highest BCUT2D eigenvalue weighted by atomic mass is 19.5. The molecule has 0 radical (unpaired) electrons. The van der Waals surface area contributed by atoms with Crippen molar-refractivity contribution in [3.63, 3.8) is 0 Å². The van der Waals surface area contributed by atoms with E-state index in [1.165, 1.54) is 4.85 Å². The Labute approximate surface area is 170 Å². The lowest BCUT2D eigenvalue weighted by Gasteiger charge is -2.10. The Morgan fingerprint density at radius 3 is 2.20 bits per heavy atom. The van der Waals surface area contributed by atoms with Crippen molar-refractivity contribution in [2.24, 2.45) is 10.2 Å². The van der Waals surface area contributed by atoms with E-state index in [0.29, 0.717) is 22.7 Å². The van der Waals surface area contributed by atoms with Crippen LogP contribution < -0.4 is 4.84 Å². The molecule has 3 aromatic rings. The standard InChI is InChI=1S/C17H20N7O.BF4/c1-22(2)17(23(3)4)25-24-16-14(11-8-12-15(16)20-21-24)19-18-13-9-6-5-7-10-13;2-1(3,4)5/h5-12H,1-4H3;/q+1;-1. The monoisotopic (exact) mass is 425 g/mol. The molecule has 0 saturated carbocycles. The molecule has 0 spiro atoms. The van der Waals surface area contributed by atoms with Crippen LogP contribution in [0, 0.1) is 0 Å². The summed E-state index contributed by atoms with van der Waals surface area (Å²) in [6.07, 6.45) is 0. The molecule has 0 N–H and O–H groups in total. The van der Waals surface area contributed by atoms with Crippen LogP contribution in [0.2, 0.25) is 0 Å². The van der Waals surface area contributed by atoms with Crippen molar-refractivity contribution in [1.82, 2.24) is 20.1 Å². The fraction of sp³-hybridized carbons (Fsp3) is 0.235. The minimum atomic E-state index is -6.00. The molecule has 0 aliphatic rings. The number of fused-ring (bicyclic) bond motifs is 1. The highest BCUT2D eigenvalue weighted by Gasteiger charge is 2.21. The van der Waals surface area contributed by atoms with Gasteiger partial charge in [0.05, 0.1) is 33.9 Å². The molecule has 0 amide bonds. The Morgan fingerprint density at radius 2 is 1.63 bits per heavy atom. The molecule has 0 unspecified atom stereocenters. The summed E-state index contributed by atoms with van der Waals surface area (Å²) in [7, 11) is 1.57. The van der Waals surface area contributed by atoms with E-state index in [1.807, 2.05) is 86.2 Å². The molecule has 2 aromatic carbocycles. The highest BCUT2D eigenvalue weighted by Crippen LogP contribution is 2.26. The Morgan fingerprint density at radius 1 is 1.00 bits per heavy atom. The molecule has 1 aromatic heterocycles. The SMILES string of the molecule is CN(C)C(On1nnc2cccc(N=Nc3ccccc3)c21)=[N+](C)C.F[B-](F)(F)F. The van der Waals surface area contributed by atoms with E-state index in [4.69, 9.17) is 4.84 Å². The Balaban J connectivity index is 0.000000575. The number of halogens is 4. The minimum absolute atomic E-state index is 0.613. The normalized spacial score (nSPS) is 11.2. The lowest BCUT2D eigenvalue weighted by atomic mass is 10.3. The number of amidine groups is 1. The maximum Gasteiger partial charge on any atom is 0.673 e. The quantitative estimate of drug-likeness (QED) is 0.160. The average Bonchev–Trinajstić information content (AvgIpc) is 3.07. The van der Waals surface area contributed by atoms with Crippen LogP contribution in [0.3, 0.4) is 0 Å². The zero-order valence-electron chi connectivity index (χ0n) is 16.7. The molecular weight excluding hydrogens is 405 g/mol. The van der Waals surface area contributed by atoms with Gasteiger partial charge in [0.2, 0.25) is 0 Å². The van der Waals surface area contributed by atoms with E-state index in [0.717, 1.165) is 5.69 Å². The molecule has 0 bridgehead atoms. The van der Waals surface area contributed by atoms with Gasteiger partial charge in [0, 0.05) is 0 Å². The van der Waals surface area contributed by atoms with Gasteiger partial charge in [-0.1, -0.05) is 29.1 Å². The second-order valence-corrected chi connectivity index (χ2v) is 6.30. The van der Waals surface area contributed by atoms with E-state index in [1.54, 1.807) is 0 Å². The van der Waals surface area contributed by atoms with Crippen molar-refractivity contribution in [3.05, 3.63) is 48.5 Å². The molecule has 0 aliphatic heterocycles. The fourth-order valence-corrected chi connectivity index (χ4v) is 2.32. The molecule has 13 heteroatoms. The van der Waals surface area contributed by atoms with Gasteiger partial charge in [0.25, 0.3) is 0 Å². The first-order chi connectivity index (χ1) is 14.1. The summed E-state index contributed by atoms with van der Waals surface area (Å²) in [5.41, 5.74) is 2.74. The van der Waals surface area contributed by atoms with Gasteiger partial charge in [-0.3, -0.25) is 4.84 Å². The summed E-state index contributed by atoms with van der Waals surface area (Å²) >= 11 is 0. The zero-order chi connectivity index (χ0) is 22.3. The third kappa shape index (κ3) is 6.83. The van der Waals surface area contributed by atoms with Crippen LogP contribution in [0.1, 0.15) is 0 Å². The van der Waals surface area contributed by atoms with Crippen LogP contribution in [0.4, 0.5) is 28.6 Å². The number of benzene rings is 2. The van der Waals surface area contributed by atoms with E-state index in [-0.39, 0.29) is 0 Å². The molecule has 8 nitrogen and oxygen atoms in total. The smallest absolute Gasteiger partial charge is 0.418 e. The molecule has 30 heavy (non-hydrogen) atoms. The second-order valence-electron chi connectivity index (χ2n) is 6.30. The van der Waals surface area contributed by atoms with Gasteiger partial charge in [-0.15, -0.1) is 10.2 Å². The van der Waals surface area contributed by atoms with E-state index in [9.17, 15) is 17.3 Å². The van der Waals surface area contributed by atoms with E-state index < -0.39 is 7.25 Å². The molecule has 1 heterocycles. The van der Waals surface area contributed by atoms with Gasteiger partial charge in [-0.2, -0.15) is 5.11 Å². The third-order valence-electron chi connectivity index (χ3n) is 3.38. The number of hydrogen-bond donors (Lipinski definition) is 0. The van der Waals surface area contributed by atoms with Gasteiger partial charge in [0.1, 0.15) is 11.2 Å². The third-order valence-corrected chi connectivity index (χ3v) is 3.38. The second kappa shape index (κ2) is 9.81. The summed E-state index contributed by atoms with van der Waals surface area (Å²) in [4.78, 5) is 9.11. The van der Waals surface area contributed by atoms with E-state index >= 15 is 0 Å². The Bertz CT molecular complexity index is 1030. The molecule has 0 atom stereocenters. The predicted molar refractivity (Wildman–Crippen MR) is 106 cm³/mol. The van der Waals surface area contributed by atoms with Crippen molar-refractivity contribution in [2.75, 3.05) is 28.2 Å². The average molecular weight is 425 g/mol. The van der Waals surface area contributed by atoms with Crippen molar-refractivity contribution in [3.8, 4) is 0 Å². The van der Waals surface area contributed by atoms with Crippen molar-refractivity contribution < 1.29 is 26.7 Å². The van der Waals surface area contributed by atoms with Gasteiger partial charge in [-0.05, 0) is 29.5 Å². The van der Waals surface area contributed by atoms with Gasteiger partial charge >= 0.3 is 13.3 Å². The number of rotatable bonds is 3. The number of aromatic nitrogens is 3. The molecular formula is C17H20BF4N7O. The van der Waals surface area contributed by atoms with Crippen LogP contribution in [0.15, 0.2) is 58.8 Å². The Kier molecular flexibility index (Phi) is 7.45. The predicted octanol–water partition coefficient (Wildman–Crippen LogP) is 3.77. The van der Waals surface area contributed by atoms with Gasteiger partial charge < -0.3 is 17.3 Å². The summed E-state index contributed by atoms with van der Waals surface area (Å²) in [5, 5.41) is 16.8. The number of nitrogens with zero attached hydrogens (tertiary/aromatic N) is 7. The highest BCUT2D eigenvalue weighted by molar-refractivity contribution is 6.50. The number of azo groups is 1. The van der Waals surface area contributed by atoms with E-state index in [2.05, 4.69) is 20.5 Å². The lowest BCUT2D eigenvalue weighted by molar-refractivity contribution is -0.480. The molecule has 0 aliphatic carbocycles.